The summed E-state index contributed by atoms with van der Waals surface area (Å²) in [6, 6.07) is 12.1. The standard InChI is InChI=1S/C24H31N3O3S/c1-3-20-17-21(24(29)30-4-2)23(31-20)25-22(28)18-27-15-13-26(14-16-27)12-8-11-19-9-6-5-7-10-19/h5-11,17H,3-4,12-16,18H2,1-2H3,(H,25,28)/b11-8+. The van der Waals surface area contributed by atoms with Gasteiger partial charge in [-0.3, -0.25) is 14.6 Å². The molecule has 2 heterocycles. The third kappa shape index (κ3) is 7.02. The molecule has 7 heteroatoms. The van der Waals surface area contributed by atoms with E-state index in [1.165, 1.54) is 16.9 Å². The molecule has 0 saturated carbocycles. The fourth-order valence-corrected chi connectivity index (χ4v) is 4.47. The highest BCUT2D eigenvalue weighted by atomic mass is 32.1. The van der Waals surface area contributed by atoms with Crippen LogP contribution in [-0.4, -0.2) is 67.6 Å². The first kappa shape index (κ1) is 23.2. The van der Waals surface area contributed by atoms with E-state index < -0.39 is 0 Å². The Kier molecular flexibility index (Phi) is 8.82. The van der Waals surface area contributed by atoms with Gasteiger partial charge in [0.15, 0.2) is 0 Å². The van der Waals surface area contributed by atoms with Crippen molar-refractivity contribution >= 4 is 34.3 Å². The van der Waals surface area contributed by atoms with Crippen molar-refractivity contribution < 1.29 is 14.3 Å². The van der Waals surface area contributed by atoms with Gasteiger partial charge in [0.25, 0.3) is 0 Å². The molecule has 0 spiro atoms. The average molecular weight is 442 g/mol. The molecule has 31 heavy (non-hydrogen) atoms. The molecule has 1 aromatic heterocycles. The molecule has 1 amide bonds. The molecule has 1 aromatic carbocycles. The van der Waals surface area contributed by atoms with E-state index in [2.05, 4.69) is 39.4 Å². The lowest BCUT2D eigenvalue weighted by Gasteiger charge is -2.33. The number of hydrogen-bond donors (Lipinski definition) is 1. The van der Waals surface area contributed by atoms with Crippen LogP contribution in [0.25, 0.3) is 6.08 Å². The van der Waals surface area contributed by atoms with Crippen molar-refractivity contribution in [2.24, 2.45) is 0 Å². The highest BCUT2D eigenvalue weighted by Gasteiger charge is 2.21. The minimum Gasteiger partial charge on any atom is -0.462 e. The summed E-state index contributed by atoms with van der Waals surface area (Å²) >= 11 is 1.44. The van der Waals surface area contributed by atoms with Gasteiger partial charge < -0.3 is 10.1 Å². The predicted molar refractivity (Wildman–Crippen MR) is 127 cm³/mol. The van der Waals surface area contributed by atoms with E-state index >= 15 is 0 Å². The van der Waals surface area contributed by atoms with Gasteiger partial charge in [-0.15, -0.1) is 11.3 Å². The topological polar surface area (TPSA) is 61.9 Å². The first-order chi connectivity index (χ1) is 15.1. The van der Waals surface area contributed by atoms with Crippen LogP contribution in [0.3, 0.4) is 0 Å². The number of amides is 1. The quantitative estimate of drug-likeness (QED) is 0.601. The Morgan fingerprint density at radius 1 is 1.10 bits per heavy atom. The molecule has 1 aliphatic heterocycles. The zero-order valence-electron chi connectivity index (χ0n) is 18.3. The molecule has 1 saturated heterocycles. The van der Waals surface area contributed by atoms with Gasteiger partial charge in [-0.2, -0.15) is 0 Å². The molecule has 0 radical (unpaired) electrons. The van der Waals surface area contributed by atoms with Crippen molar-refractivity contribution in [3.63, 3.8) is 0 Å². The van der Waals surface area contributed by atoms with Crippen molar-refractivity contribution in [2.75, 3.05) is 51.2 Å². The maximum atomic E-state index is 12.6. The lowest BCUT2D eigenvalue weighted by molar-refractivity contribution is -0.117. The number of piperazine rings is 1. The Balaban J connectivity index is 1.45. The summed E-state index contributed by atoms with van der Waals surface area (Å²) < 4.78 is 5.13. The number of benzene rings is 1. The summed E-state index contributed by atoms with van der Waals surface area (Å²) in [5, 5.41) is 3.52. The van der Waals surface area contributed by atoms with Crippen LogP contribution in [-0.2, 0) is 16.0 Å². The molecule has 6 nitrogen and oxygen atoms in total. The first-order valence-corrected chi connectivity index (χ1v) is 11.7. The summed E-state index contributed by atoms with van der Waals surface area (Å²) in [5.41, 5.74) is 1.66. The van der Waals surface area contributed by atoms with E-state index in [-0.39, 0.29) is 11.9 Å². The Morgan fingerprint density at radius 2 is 1.81 bits per heavy atom. The third-order valence-electron chi connectivity index (χ3n) is 5.19. The molecule has 0 bridgehead atoms. The number of carbonyl (C=O) groups excluding carboxylic acids is 2. The largest absolute Gasteiger partial charge is 0.462 e. The SMILES string of the molecule is CCOC(=O)c1cc(CC)sc1NC(=O)CN1CCN(C/C=C/c2ccccc2)CC1. The second kappa shape index (κ2) is 11.8. The molecule has 166 valence electrons. The first-order valence-electron chi connectivity index (χ1n) is 10.8. The molecular formula is C24H31N3O3S. The van der Waals surface area contributed by atoms with Crippen LogP contribution >= 0.6 is 11.3 Å². The average Bonchev–Trinajstić information content (AvgIpc) is 3.19. The van der Waals surface area contributed by atoms with E-state index in [0.29, 0.717) is 23.7 Å². The van der Waals surface area contributed by atoms with E-state index in [1.54, 1.807) is 6.92 Å². The van der Waals surface area contributed by atoms with E-state index in [4.69, 9.17) is 4.74 Å². The Bertz CT molecular complexity index is 887. The molecule has 1 N–H and O–H groups in total. The molecule has 0 unspecified atom stereocenters. The molecule has 1 fully saturated rings. The maximum absolute atomic E-state index is 12.6. The van der Waals surface area contributed by atoms with Crippen LogP contribution in [0.15, 0.2) is 42.5 Å². The predicted octanol–water partition coefficient (Wildman–Crippen LogP) is 3.76. The second-order valence-corrected chi connectivity index (χ2v) is 8.60. The van der Waals surface area contributed by atoms with Crippen LogP contribution in [0.4, 0.5) is 5.00 Å². The van der Waals surface area contributed by atoms with E-state index in [9.17, 15) is 9.59 Å². The molecule has 3 rings (SSSR count). The van der Waals surface area contributed by atoms with E-state index in [0.717, 1.165) is 44.0 Å². The molecule has 1 aliphatic rings. The van der Waals surface area contributed by atoms with E-state index in [1.807, 2.05) is 31.2 Å². The number of ether oxygens (including phenoxy) is 1. The van der Waals surface area contributed by atoms with Gasteiger partial charge in [0.05, 0.1) is 18.7 Å². The Labute approximate surface area is 188 Å². The zero-order valence-corrected chi connectivity index (χ0v) is 19.1. The monoisotopic (exact) mass is 441 g/mol. The van der Waals surface area contributed by atoms with Crippen molar-refractivity contribution in [2.45, 2.75) is 20.3 Å². The van der Waals surface area contributed by atoms with Gasteiger partial charge in [-0.25, -0.2) is 4.79 Å². The summed E-state index contributed by atoms with van der Waals surface area (Å²) in [6.45, 7) is 8.92. The van der Waals surface area contributed by atoms with Gasteiger partial charge in [0, 0.05) is 37.6 Å². The number of nitrogens with zero attached hydrogens (tertiary/aromatic N) is 2. The lowest BCUT2D eigenvalue weighted by atomic mass is 10.2. The van der Waals surface area contributed by atoms with Crippen molar-refractivity contribution in [3.05, 3.63) is 58.5 Å². The molecule has 0 atom stereocenters. The van der Waals surface area contributed by atoms with Crippen LogP contribution in [0, 0.1) is 0 Å². The summed E-state index contributed by atoms with van der Waals surface area (Å²) in [6.07, 6.45) is 5.15. The van der Waals surface area contributed by atoms with Gasteiger partial charge in [0.1, 0.15) is 5.00 Å². The molecular weight excluding hydrogens is 410 g/mol. The van der Waals surface area contributed by atoms with Gasteiger partial charge in [0.2, 0.25) is 5.91 Å². The smallest absolute Gasteiger partial charge is 0.341 e. The Morgan fingerprint density at radius 3 is 2.48 bits per heavy atom. The number of carbonyl (C=O) groups is 2. The van der Waals surface area contributed by atoms with Crippen molar-refractivity contribution in [1.29, 1.82) is 0 Å². The van der Waals surface area contributed by atoms with Gasteiger partial charge in [-0.05, 0) is 25.0 Å². The minimum atomic E-state index is -0.383. The number of anilines is 1. The van der Waals surface area contributed by atoms with Gasteiger partial charge >= 0.3 is 5.97 Å². The van der Waals surface area contributed by atoms with Crippen LogP contribution in [0.5, 0.6) is 0 Å². The zero-order chi connectivity index (χ0) is 22.1. The van der Waals surface area contributed by atoms with Crippen molar-refractivity contribution in [3.8, 4) is 0 Å². The van der Waals surface area contributed by atoms with Crippen molar-refractivity contribution in [1.82, 2.24) is 9.80 Å². The number of rotatable bonds is 9. The van der Waals surface area contributed by atoms with Crippen LogP contribution in [0.2, 0.25) is 0 Å². The summed E-state index contributed by atoms with van der Waals surface area (Å²) in [5.74, 6) is -0.474. The normalized spacial score (nSPS) is 15.3. The van der Waals surface area contributed by atoms with Crippen LogP contribution < -0.4 is 5.32 Å². The van der Waals surface area contributed by atoms with Gasteiger partial charge in [-0.1, -0.05) is 49.4 Å². The summed E-state index contributed by atoms with van der Waals surface area (Å²) in [7, 11) is 0. The lowest BCUT2D eigenvalue weighted by Crippen LogP contribution is -2.48. The number of nitrogens with one attached hydrogen (secondary N) is 1. The summed E-state index contributed by atoms with van der Waals surface area (Å²) in [4.78, 5) is 30.4. The highest BCUT2D eigenvalue weighted by Crippen LogP contribution is 2.29. The number of esters is 1. The highest BCUT2D eigenvalue weighted by molar-refractivity contribution is 7.16. The fourth-order valence-electron chi connectivity index (χ4n) is 3.47. The second-order valence-electron chi connectivity index (χ2n) is 7.47. The number of thiophene rings is 1. The maximum Gasteiger partial charge on any atom is 0.341 e. The minimum absolute atomic E-state index is 0.0903. The fraction of sp³-hybridized carbons (Fsp3) is 0.417. The molecule has 0 aliphatic carbocycles. The number of hydrogen-bond acceptors (Lipinski definition) is 6. The van der Waals surface area contributed by atoms with Crippen LogP contribution in [0.1, 0.15) is 34.6 Å². The Hall–Kier alpha value is -2.48. The number of aryl methyl sites for hydroxylation is 1. The molecule has 2 aromatic rings. The third-order valence-corrected chi connectivity index (χ3v) is 6.38.